The number of amides is 1. The molecule has 2 heterocycles. The number of aromatic nitrogens is 4. The van der Waals surface area contributed by atoms with Crippen LogP contribution in [0.4, 0.5) is 0 Å². The second kappa shape index (κ2) is 18.7. The Balaban J connectivity index is 0.000000177. The normalized spacial score (nSPS) is 18.0. The van der Waals surface area contributed by atoms with Gasteiger partial charge in [-0.1, -0.05) is 85.0 Å². The van der Waals surface area contributed by atoms with Crippen molar-refractivity contribution in [3.63, 3.8) is 0 Å². The molecule has 14 heteroatoms. The van der Waals surface area contributed by atoms with Gasteiger partial charge in [0.25, 0.3) is 5.91 Å². The van der Waals surface area contributed by atoms with Gasteiger partial charge >= 0.3 is 5.97 Å². The highest BCUT2D eigenvalue weighted by atomic mass is 16.5. The third kappa shape index (κ3) is 8.27. The van der Waals surface area contributed by atoms with Crippen molar-refractivity contribution >= 4 is 24.0 Å². The lowest BCUT2D eigenvalue weighted by Crippen LogP contribution is -2.31. The van der Waals surface area contributed by atoms with Crippen LogP contribution in [0.15, 0.2) is 97.1 Å². The number of ether oxygens (including phenoxy) is 7. The van der Waals surface area contributed by atoms with Crippen LogP contribution in [0.25, 0.3) is 12.2 Å². The van der Waals surface area contributed by atoms with Gasteiger partial charge in [-0.2, -0.15) is 10.2 Å². The van der Waals surface area contributed by atoms with Gasteiger partial charge in [0.2, 0.25) is 11.5 Å². The van der Waals surface area contributed by atoms with Gasteiger partial charge in [-0.3, -0.25) is 15.0 Å². The molecule has 3 aliphatic rings. The maximum absolute atomic E-state index is 12.7. The fraction of sp³-hybridized carbons (Fsp3) is 0.294. The zero-order valence-electron chi connectivity index (χ0n) is 37.6. The van der Waals surface area contributed by atoms with Crippen molar-refractivity contribution < 1.29 is 42.7 Å². The number of hydrogen-bond acceptors (Lipinski definition) is 11. The van der Waals surface area contributed by atoms with Crippen molar-refractivity contribution in [3.8, 4) is 34.5 Å². The second-order valence-electron chi connectivity index (χ2n) is 15.9. The van der Waals surface area contributed by atoms with E-state index < -0.39 is 16.8 Å². The second-order valence-corrected chi connectivity index (χ2v) is 15.9. The Kier molecular flexibility index (Phi) is 12.7. The Morgan fingerprint density at radius 1 is 0.600 bits per heavy atom. The summed E-state index contributed by atoms with van der Waals surface area (Å²) in [5.41, 5.74) is 7.19. The lowest BCUT2D eigenvalue weighted by molar-refractivity contribution is 0.0519. The summed E-state index contributed by atoms with van der Waals surface area (Å²) in [7, 11) is 9.62. The van der Waals surface area contributed by atoms with Gasteiger partial charge in [0, 0.05) is 52.2 Å². The molecule has 3 aliphatic carbocycles. The molecule has 0 aliphatic heterocycles. The highest BCUT2D eigenvalue weighted by Gasteiger charge is 2.40. The molecule has 2 aromatic heterocycles. The van der Waals surface area contributed by atoms with Crippen molar-refractivity contribution in [1.29, 1.82) is 0 Å². The van der Waals surface area contributed by atoms with E-state index in [1.165, 1.54) is 0 Å². The number of hydrogen-bond donors (Lipinski definition) is 3. The zero-order chi connectivity index (χ0) is 45.7. The van der Waals surface area contributed by atoms with E-state index in [2.05, 4.69) is 62.1 Å². The monoisotopic (exact) mass is 879 g/mol. The summed E-state index contributed by atoms with van der Waals surface area (Å²) in [6, 6.07) is 28.6. The highest BCUT2D eigenvalue weighted by Crippen LogP contribution is 2.49. The van der Waals surface area contributed by atoms with Crippen LogP contribution < -0.4 is 33.7 Å². The number of methoxy groups -OCH3 is 6. The summed E-state index contributed by atoms with van der Waals surface area (Å²) < 4.78 is 38.7. The van der Waals surface area contributed by atoms with E-state index in [4.69, 9.17) is 33.2 Å². The van der Waals surface area contributed by atoms with Crippen LogP contribution in [0.5, 0.6) is 34.5 Å². The molecule has 3 N–H and O–H groups in total. The van der Waals surface area contributed by atoms with Crippen LogP contribution >= 0.6 is 0 Å². The Hall–Kier alpha value is -7.48. The first-order valence-electron chi connectivity index (χ1n) is 21.4. The maximum atomic E-state index is 12.7. The number of fused-ring (bicyclic) bond motifs is 2. The van der Waals surface area contributed by atoms with Crippen LogP contribution in [0.2, 0.25) is 0 Å². The maximum Gasteiger partial charge on any atom is 0.359 e. The number of nitrogens with one attached hydrogen (secondary N) is 3. The van der Waals surface area contributed by atoms with Gasteiger partial charge in [-0.05, 0) is 66.3 Å². The first-order valence-corrected chi connectivity index (χ1v) is 21.4. The minimum Gasteiger partial charge on any atom is -0.493 e. The average molecular weight is 880 g/mol. The zero-order valence-corrected chi connectivity index (χ0v) is 37.6. The molecule has 1 fully saturated rings. The number of carbonyl (C=O) groups is 2. The van der Waals surface area contributed by atoms with Gasteiger partial charge < -0.3 is 38.5 Å². The quantitative estimate of drug-likeness (QED) is 0.0906. The predicted octanol–water partition coefficient (Wildman–Crippen LogP) is 8.05. The molecule has 0 spiro atoms. The first kappa shape index (κ1) is 44.1. The summed E-state index contributed by atoms with van der Waals surface area (Å²) in [5, 5.41) is 17.8. The van der Waals surface area contributed by atoms with Crippen LogP contribution in [0, 0.1) is 0 Å². The number of nitrogens with zero attached hydrogens (tertiary/aromatic N) is 2. The highest BCUT2D eigenvalue weighted by molar-refractivity contribution is 5.97. The van der Waals surface area contributed by atoms with Gasteiger partial charge in [0.15, 0.2) is 34.4 Å². The van der Waals surface area contributed by atoms with Gasteiger partial charge in [0.1, 0.15) is 0 Å². The standard InChI is InChI=1S/C26H27N3O4.C25H26N2O5/c1-31-21-13-17(14-22(32-2)24(21)33-3)26(16-7-5-4-6-8-16)12-11-19-20(15-26)28-29-23(19)25(30)27-18-9-10-18;1-5-32-24(28)22-18-11-12-25(15-19(18)26-27-22,16-9-7-6-8-10-16)17-13-20(29-2)23(31-4)21(14-17)30-3/h4-8,11-14,18H,9-10,15H2,1-3H3,(H,27,30)(H,28,29);6-14H,5,15H2,1-4H3,(H,26,27). The van der Waals surface area contributed by atoms with Crippen molar-refractivity contribution in [2.75, 3.05) is 49.3 Å². The third-order valence-electron chi connectivity index (χ3n) is 12.3. The number of allylic oxidation sites excluding steroid dienone is 2. The Bertz CT molecular complexity index is 2690. The van der Waals surface area contributed by atoms with Crippen LogP contribution in [0.3, 0.4) is 0 Å². The molecular formula is C51H53N5O9. The number of aromatic amines is 2. The largest absolute Gasteiger partial charge is 0.493 e. The first-order chi connectivity index (χ1) is 31.7. The third-order valence-corrected chi connectivity index (χ3v) is 12.3. The SMILES string of the molecule is CCOC(=O)c1n[nH]c2c1C=CC(c1ccccc1)(c1cc(OC)c(OC)c(OC)c1)C2.COc1cc(C2(c3ccccc3)C=Cc3c(C(=O)NC4CC4)n[nH]c3C2)cc(OC)c1OC. The Labute approximate surface area is 377 Å². The molecule has 0 radical (unpaired) electrons. The average Bonchev–Trinajstić information content (AvgIpc) is 3.91. The van der Waals surface area contributed by atoms with E-state index in [-0.39, 0.29) is 11.9 Å². The fourth-order valence-electron chi connectivity index (χ4n) is 8.81. The van der Waals surface area contributed by atoms with Gasteiger partial charge in [-0.15, -0.1) is 0 Å². The molecule has 2 unspecified atom stereocenters. The van der Waals surface area contributed by atoms with Crippen LogP contribution in [-0.4, -0.2) is 87.6 Å². The molecule has 9 rings (SSSR count). The molecule has 6 aromatic rings. The number of rotatable bonds is 14. The summed E-state index contributed by atoms with van der Waals surface area (Å²) in [4.78, 5) is 25.0. The molecular weight excluding hydrogens is 827 g/mol. The molecule has 1 saturated carbocycles. The molecule has 1 amide bonds. The van der Waals surface area contributed by atoms with E-state index in [1.807, 2.05) is 72.8 Å². The van der Waals surface area contributed by atoms with E-state index >= 15 is 0 Å². The van der Waals surface area contributed by atoms with Crippen molar-refractivity contribution in [1.82, 2.24) is 25.7 Å². The summed E-state index contributed by atoms with van der Waals surface area (Å²) >= 11 is 0. The van der Waals surface area contributed by atoms with Crippen molar-refractivity contribution in [2.45, 2.75) is 49.5 Å². The van der Waals surface area contributed by atoms with E-state index in [0.717, 1.165) is 57.6 Å². The predicted molar refractivity (Wildman–Crippen MR) is 246 cm³/mol. The van der Waals surface area contributed by atoms with Crippen LogP contribution in [-0.2, 0) is 28.4 Å². The molecule has 65 heavy (non-hydrogen) atoms. The lowest BCUT2D eigenvalue weighted by atomic mass is 9.68. The Morgan fingerprint density at radius 3 is 1.40 bits per heavy atom. The minimum atomic E-state index is -0.542. The minimum absolute atomic E-state index is 0.125. The lowest BCUT2D eigenvalue weighted by Gasteiger charge is -2.35. The smallest absolute Gasteiger partial charge is 0.359 e. The summed E-state index contributed by atoms with van der Waals surface area (Å²) in [5.74, 6) is 2.86. The fourth-order valence-corrected chi connectivity index (χ4v) is 8.81. The number of H-pyrrole nitrogens is 2. The van der Waals surface area contributed by atoms with Crippen LogP contribution in [0.1, 0.15) is 85.5 Å². The van der Waals surface area contributed by atoms with Crippen molar-refractivity contribution in [3.05, 3.63) is 153 Å². The Morgan fingerprint density at radius 2 is 1.02 bits per heavy atom. The number of benzene rings is 4. The van der Waals surface area contributed by atoms with Gasteiger partial charge in [-0.25, -0.2) is 4.79 Å². The van der Waals surface area contributed by atoms with E-state index in [0.29, 0.717) is 65.3 Å². The van der Waals surface area contributed by atoms with Crippen molar-refractivity contribution in [2.24, 2.45) is 0 Å². The molecule has 336 valence electrons. The van der Waals surface area contributed by atoms with E-state index in [1.54, 1.807) is 49.6 Å². The van der Waals surface area contributed by atoms with E-state index in [9.17, 15) is 9.59 Å². The summed E-state index contributed by atoms with van der Waals surface area (Å²) in [6.45, 7) is 2.07. The molecule has 14 nitrogen and oxygen atoms in total. The molecule has 4 aromatic carbocycles. The molecule has 0 bridgehead atoms. The number of carbonyl (C=O) groups excluding carboxylic acids is 2. The molecule has 2 atom stereocenters. The topological polar surface area (TPSA) is 168 Å². The molecule has 0 saturated heterocycles. The van der Waals surface area contributed by atoms with Gasteiger partial charge in [0.05, 0.1) is 49.3 Å². The summed E-state index contributed by atoms with van der Waals surface area (Å²) in [6.07, 6.45) is 11.4. The number of esters is 1.